The highest BCUT2D eigenvalue weighted by molar-refractivity contribution is 6.40. The molecule has 3 heterocycles. The fourth-order valence-electron chi connectivity index (χ4n) is 4.75. The number of halogens is 2. The minimum atomic E-state index is -0.266. The lowest BCUT2D eigenvalue weighted by Crippen LogP contribution is -2.50. The summed E-state index contributed by atoms with van der Waals surface area (Å²) in [5, 5.41) is 4.03. The lowest BCUT2D eigenvalue weighted by molar-refractivity contribution is -0.132. The number of amides is 2. The third-order valence-electron chi connectivity index (χ3n) is 6.74. The maximum Gasteiger partial charge on any atom is 0.265 e. The van der Waals surface area contributed by atoms with Crippen molar-refractivity contribution in [3.63, 3.8) is 0 Å². The summed E-state index contributed by atoms with van der Waals surface area (Å²) in [7, 11) is 5.66. The zero-order valence-electron chi connectivity index (χ0n) is 22.1. The van der Waals surface area contributed by atoms with E-state index in [9.17, 15) is 9.59 Å². The highest BCUT2D eigenvalue weighted by Crippen LogP contribution is 2.37. The van der Waals surface area contributed by atoms with Gasteiger partial charge < -0.3 is 24.9 Å². The van der Waals surface area contributed by atoms with E-state index >= 15 is 0 Å². The van der Waals surface area contributed by atoms with Crippen LogP contribution in [0.3, 0.4) is 0 Å². The van der Waals surface area contributed by atoms with Crippen molar-refractivity contribution < 1.29 is 9.59 Å². The van der Waals surface area contributed by atoms with Gasteiger partial charge in [-0.05, 0) is 50.5 Å². The topological polar surface area (TPSA) is 88.2 Å². The number of hydrogen-bond acceptors (Lipinski definition) is 8. The van der Waals surface area contributed by atoms with Gasteiger partial charge in [-0.1, -0.05) is 29.3 Å². The molecule has 1 saturated heterocycles. The van der Waals surface area contributed by atoms with Crippen molar-refractivity contribution in [2.45, 2.75) is 0 Å². The second kappa shape index (κ2) is 11.3. The number of carbonyl (C=O) groups excluding carboxylic acids is 2. The first-order chi connectivity index (χ1) is 18.7. The van der Waals surface area contributed by atoms with Gasteiger partial charge in [-0.25, -0.2) is 4.98 Å². The summed E-state index contributed by atoms with van der Waals surface area (Å²) in [5.41, 5.74) is 2.75. The van der Waals surface area contributed by atoms with Crippen LogP contribution >= 0.6 is 23.2 Å². The van der Waals surface area contributed by atoms with E-state index < -0.39 is 0 Å². The minimum absolute atomic E-state index is 0.164. The number of piperazine rings is 1. The van der Waals surface area contributed by atoms with Crippen LogP contribution in [0, 0.1) is 0 Å². The SMILES string of the molecule is CN(C)CC(=O)N1CCN(c2ccc(Nc3ncc4c(n3)N(C)CN(c3c(Cl)cccc3Cl)C4=O)cc2)CC1. The number of hydrogen-bond donors (Lipinski definition) is 1. The monoisotopic (exact) mass is 568 g/mol. The van der Waals surface area contributed by atoms with Gasteiger partial charge in [0.1, 0.15) is 11.4 Å². The van der Waals surface area contributed by atoms with Crippen LogP contribution in [0.1, 0.15) is 10.4 Å². The van der Waals surface area contributed by atoms with Gasteiger partial charge in [0.2, 0.25) is 11.9 Å². The second-order valence-corrected chi connectivity index (χ2v) is 10.7. The average Bonchev–Trinajstić information content (AvgIpc) is 2.91. The molecule has 0 spiro atoms. The first-order valence-electron chi connectivity index (χ1n) is 12.6. The van der Waals surface area contributed by atoms with E-state index in [0.29, 0.717) is 52.7 Å². The molecule has 0 aliphatic carbocycles. The van der Waals surface area contributed by atoms with E-state index in [-0.39, 0.29) is 18.5 Å². The molecule has 39 heavy (non-hydrogen) atoms. The van der Waals surface area contributed by atoms with Gasteiger partial charge in [0, 0.05) is 50.8 Å². The third kappa shape index (κ3) is 5.73. The van der Waals surface area contributed by atoms with E-state index in [0.717, 1.165) is 24.5 Å². The molecule has 12 heteroatoms. The molecule has 0 radical (unpaired) electrons. The molecule has 1 N–H and O–H groups in total. The Labute approximate surface area is 237 Å². The predicted molar refractivity (Wildman–Crippen MR) is 156 cm³/mol. The Hall–Kier alpha value is -3.60. The molecule has 0 saturated carbocycles. The van der Waals surface area contributed by atoms with Crippen molar-refractivity contribution in [1.29, 1.82) is 0 Å². The van der Waals surface area contributed by atoms with Gasteiger partial charge in [0.15, 0.2) is 0 Å². The average molecular weight is 569 g/mol. The number of benzene rings is 2. The van der Waals surface area contributed by atoms with Crippen molar-refractivity contribution in [1.82, 2.24) is 19.8 Å². The van der Waals surface area contributed by atoms with Crippen LogP contribution < -0.4 is 20.0 Å². The lowest BCUT2D eigenvalue weighted by Gasteiger charge is -2.36. The molecular formula is C27H30Cl2N8O2. The summed E-state index contributed by atoms with van der Waals surface area (Å²) in [6.45, 7) is 3.68. The molecule has 2 amide bonds. The summed E-state index contributed by atoms with van der Waals surface area (Å²) in [6.07, 6.45) is 1.52. The maximum absolute atomic E-state index is 13.3. The summed E-state index contributed by atoms with van der Waals surface area (Å²) in [5.74, 6) is 0.808. The molecule has 2 aliphatic heterocycles. The molecule has 0 bridgehead atoms. The predicted octanol–water partition coefficient (Wildman–Crippen LogP) is 3.79. The zero-order valence-corrected chi connectivity index (χ0v) is 23.6. The Bertz CT molecular complexity index is 1360. The van der Waals surface area contributed by atoms with Crippen molar-refractivity contribution in [2.24, 2.45) is 0 Å². The molecule has 10 nitrogen and oxygen atoms in total. The molecule has 2 aromatic carbocycles. The number of anilines is 5. The lowest BCUT2D eigenvalue weighted by atomic mass is 10.2. The van der Waals surface area contributed by atoms with Crippen LogP contribution in [0.15, 0.2) is 48.7 Å². The summed E-state index contributed by atoms with van der Waals surface area (Å²) in [6, 6.07) is 13.2. The largest absolute Gasteiger partial charge is 0.368 e. The molecule has 1 fully saturated rings. The van der Waals surface area contributed by atoms with Gasteiger partial charge >= 0.3 is 0 Å². The van der Waals surface area contributed by atoms with E-state index in [1.807, 2.05) is 60.1 Å². The Morgan fingerprint density at radius 2 is 1.69 bits per heavy atom. The first-order valence-corrected chi connectivity index (χ1v) is 13.4. The van der Waals surface area contributed by atoms with Crippen molar-refractivity contribution >= 4 is 63.8 Å². The molecule has 204 valence electrons. The standard InChI is InChI=1S/C27H30Cl2N8O2/c1-33(2)16-23(38)36-13-11-35(12-14-36)19-9-7-18(8-10-19)31-27-30-15-20-25(32-27)34(3)17-37(26(20)39)24-21(28)5-4-6-22(24)29/h4-10,15H,11-14,16-17H2,1-3H3,(H,30,31,32). The molecule has 0 unspecified atom stereocenters. The summed E-state index contributed by atoms with van der Waals surface area (Å²) >= 11 is 12.7. The fraction of sp³-hybridized carbons (Fsp3) is 0.333. The van der Waals surface area contributed by atoms with Crippen LogP contribution in [0.5, 0.6) is 0 Å². The van der Waals surface area contributed by atoms with Crippen LogP contribution in [-0.4, -0.2) is 92.1 Å². The molecular weight excluding hydrogens is 539 g/mol. The Morgan fingerprint density at radius 3 is 2.33 bits per heavy atom. The van der Waals surface area contributed by atoms with Gasteiger partial charge in [-0.3, -0.25) is 14.5 Å². The number of carbonyl (C=O) groups is 2. The number of rotatable bonds is 6. The van der Waals surface area contributed by atoms with E-state index in [2.05, 4.69) is 20.2 Å². The van der Waals surface area contributed by atoms with Crippen molar-refractivity contribution in [2.75, 3.05) is 80.6 Å². The van der Waals surface area contributed by atoms with Gasteiger partial charge in [0.25, 0.3) is 5.91 Å². The molecule has 5 rings (SSSR count). The number of nitrogens with zero attached hydrogens (tertiary/aromatic N) is 7. The Morgan fingerprint density at radius 1 is 1.03 bits per heavy atom. The van der Waals surface area contributed by atoms with Gasteiger partial charge in [0.05, 0.1) is 28.9 Å². The van der Waals surface area contributed by atoms with Crippen molar-refractivity contribution in [3.05, 3.63) is 64.3 Å². The van der Waals surface area contributed by atoms with Crippen LogP contribution in [-0.2, 0) is 4.79 Å². The highest BCUT2D eigenvalue weighted by atomic mass is 35.5. The Balaban J connectivity index is 1.25. The number of para-hydroxylation sites is 1. The first kappa shape index (κ1) is 27.0. The second-order valence-electron chi connectivity index (χ2n) is 9.85. The van der Waals surface area contributed by atoms with Gasteiger partial charge in [-0.15, -0.1) is 0 Å². The number of aromatic nitrogens is 2. The number of fused-ring (bicyclic) bond motifs is 1. The smallest absolute Gasteiger partial charge is 0.265 e. The van der Waals surface area contributed by atoms with E-state index in [1.54, 1.807) is 18.2 Å². The summed E-state index contributed by atoms with van der Waals surface area (Å²) < 4.78 is 0. The number of nitrogens with one attached hydrogen (secondary N) is 1. The van der Waals surface area contributed by atoms with Gasteiger partial charge in [-0.2, -0.15) is 4.98 Å². The highest BCUT2D eigenvalue weighted by Gasteiger charge is 2.32. The van der Waals surface area contributed by atoms with Crippen LogP contribution in [0.2, 0.25) is 10.0 Å². The fourth-order valence-corrected chi connectivity index (χ4v) is 5.35. The third-order valence-corrected chi connectivity index (χ3v) is 7.35. The number of likely N-dealkylation sites (N-methyl/N-ethyl adjacent to an activating group) is 1. The summed E-state index contributed by atoms with van der Waals surface area (Å²) in [4.78, 5) is 44.1. The maximum atomic E-state index is 13.3. The van der Waals surface area contributed by atoms with Crippen molar-refractivity contribution in [3.8, 4) is 0 Å². The van der Waals surface area contributed by atoms with E-state index in [1.165, 1.54) is 11.1 Å². The molecule has 3 aromatic rings. The molecule has 1 aromatic heterocycles. The van der Waals surface area contributed by atoms with E-state index in [4.69, 9.17) is 23.2 Å². The van der Waals surface area contributed by atoms with Crippen LogP contribution in [0.25, 0.3) is 0 Å². The normalized spacial score (nSPS) is 15.6. The molecule has 2 aliphatic rings. The Kier molecular flexibility index (Phi) is 7.79. The molecule has 0 atom stereocenters. The minimum Gasteiger partial charge on any atom is -0.368 e. The quantitative estimate of drug-likeness (QED) is 0.480. The van der Waals surface area contributed by atoms with Crippen LogP contribution in [0.4, 0.5) is 28.8 Å². The zero-order chi connectivity index (χ0) is 27.7.